The predicted octanol–water partition coefficient (Wildman–Crippen LogP) is 1.06. The van der Waals surface area contributed by atoms with Gasteiger partial charge in [-0.25, -0.2) is 17.9 Å². The van der Waals surface area contributed by atoms with Gasteiger partial charge in [0.1, 0.15) is 9.09 Å². The molecule has 1 aromatic heterocycles. The second-order valence-electron chi connectivity index (χ2n) is 3.23. The number of terminal acetylenes is 1. The quantitative estimate of drug-likeness (QED) is 0.620. The van der Waals surface area contributed by atoms with Crippen molar-refractivity contribution in [3.8, 4) is 12.3 Å². The number of carboxylic acid groups (broad SMARTS) is 1. The Hall–Kier alpha value is -1.36. The van der Waals surface area contributed by atoms with Crippen LogP contribution < -0.4 is 4.72 Å². The van der Waals surface area contributed by atoms with Crippen molar-refractivity contribution in [1.29, 1.82) is 0 Å². The highest BCUT2D eigenvalue weighted by molar-refractivity contribution is 7.91. The molecule has 0 fully saturated rings. The first kappa shape index (κ1) is 13.7. The van der Waals surface area contributed by atoms with E-state index in [4.69, 9.17) is 11.5 Å². The van der Waals surface area contributed by atoms with Crippen LogP contribution in [0.1, 0.15) is 21.7 Å². The zero-order chi connectivity index (χ0) is 13.1. The highest BCUT2D eigenvalue weighted by Gasteiger charge is 2.20. The smallest absolute Gasteiger partial charge is 0.346 e. The van der Waals surface area contributed by atoms with Crippen molar-refractivity contribution in [2.45, 2.75) is 17.6 Å². The molecule has 92 valence electrons. The molecule has 0 saturated heterocycles. The van der Waals surface area contributed by atoms with Gasteiger partial charge in [0.15, 0.2) is 0 Å². The number of aromatic carboxylic acids is 1. The summed E-state index contributed by atoms with van der Waals surface area (Å²) >= 11 is 0.731. The summed E-state index contributed by atoms with van der Waals surface area (Å²) in [5.41, 5.74) is 0.430. The van der Waals surface area contributed by atoms with E-state index in [2.05, 4.69) is 10.6 Å². The van der Waals surface area contributed by atoms with Crippen LogP contribution in [0.2, 0.25) is 0 Å². The first-order valence-electron chi connectivity index (χ1n) is 4.65. The molecular formula is C10H11NO4S2. The second-order valence-corrected chi connectivity index (χ2v) is 6.28. The monoisotopic (exact) mass is 273 g/mol. The molecule has 1 heterocycles. The van der Waals surface area contributed by atoms with E-state index in [1.807, 2.05) is 0 Å². The Labute approximate surface area is 104 Å². The van der Waals surface area contributed by atoms with E-state index in [9.17, 15) is 13.2 Å². The van der Waals surface area contributed by atoms with E-state index in [0.717, 1.165) is 11.3 Å². The largest absolute Gasteiger partial charge is 0.477 e. The summed E-state index contributed by atoms with van der Waals surface area (Å²) in [6, 6.07) is 1.34. The minimum atomic E-state index is -3.66. The van der Waals surface area contributed by atoms with Crippen LogP contribution in [0.3, 0.4) is 0 Å². The Morgan fingerprint density at radius 1 is 1.65 bits per heavy atom. The third-order valence-electron chi connectivity index (χ3n) is 1.92. The topological polar surface area (TPSA) is 83.5 Å². The minimum Gasteiger partial charge on any atom is -0.477 e. The van der Waals surface area contributed by atoms with Crippen LogP contribution in [-0.4, -0.2) is 26.0 Å². The van der Waals surface area contributed by atoms with Gasteiger partial charge in [-0.3, -0.25) is 0 Å². The fourth-order valence-corrected chi connectivity index (χ4v) is 3.58. The van der Waals surface area contributed by atoms with Gasteiger partial charge in [0.25, 0.3) is 0 Å². The average Bonchev–Trinajstić information content (AvgIpc) is 2.61. The van der Waals surface area contributed by atoms with Gasteiger partial charge in [-0.15, -0.1) is 23.7 Å². The molecule has 7 heteroatoms. The molecule has 5 nitrogen and oxygen atoms in total. The summed E-state index contributed by atoms with van der Waals surface area (Å²) in [5, 5.41) is 8.83. The SMILES string of the molecule is C#CCCNS(=O)(=O)c1cc(C)c(C(=O)O)s1. The summed E-state index contributed by atoms with van der Waals surface area (Å²) < 4.78 is 25.8. The molecule has 1 rings (SSSR count). The van der Waals surface area contributed by atoms with Gasteiger partial charge < -0.3 is 5.11 Å². The van der Waals surface area contributed by atoms with Crippen molar-refractivity contribution >= 4 is 27.3 Å². The number of carboxylic acids is 1. The lowest BCUT2D eigenvalue weighted by Gasteiger charge is -2.01. The van der Waals surface area contributed by atoms with Crippen LogP contribution in [-0.2, 0) is 10.0 Å². The predicted molar refractivity (Wildman–Crippen MR) is 64.7 cm³/mol. The van der Waals surface area contributed by atoms with Crippen LogP contribution in [0, 0.1) is 19.3 Å². The van der Waals surface area contributed by atoms with Gasteiger partial charge >= 0.3 is 5.97 Å². The molecule has 0 atom stereocenters. The fraction of sp³-hybridized carbons (Fsp3) is 0.300. The summed E-state index contributed by atoms with van der Waals surface area (Å²) in [6.45, 7) is 1.69. The lowest BCUT2D eigenvalue weighted by Crippen LogP contribution is -2.23. The maximum Gasteiger partial charge on any atom is 0.346 e. The summed E-state index contributed by atoms with van der Waals surface area (Å²) in [4.78, 5) is 10.8. The maximum atomic E-state index is 11.7. The molecule has 0 saturated carbocycles. The molecule has 0 amide bonds. The molecule has 0 aliphatic carbocycles. The second kappa shape index (κ2) is 5.31. The van der Waals surface area contributed by atoms with Crippen molar-refractivity contribution in [3.63, 3.8) is 0 Å². The average molecular weight is 273 g/mol. The molecule has 0 radical (unpaired) electrons. The lowest BCUT2D eigenvalue weighted by atomic mass is 10.3. The first-order chi connectivity index (χ1) is 7.88. The number of aryl methyl sites for hydroxylation is 1. The van der Waals surface area contributed by atoms with Gasteiger partial charge in [0.05, 0.1) is 0 Å². The van der Waals surface area contributed by atoms with Gasteiger partial charge in [-0.05, 0) is 18.6 Å². The number of thiophene rings is 1. The number of hydrogen-bond donors (Lipinski definition) is 2. The first-order valence-corrected chi connectivity index (χ1v) is 6.95. The van der Waals surface area contributed by atoms with Gasteiger partial charge in [0.2, 0.25) is 10.0 Å². The van der Waals surface area contributed by atoms with E-state index < -0.39 is 16.0 Å². The molecule has 0 spiro atoms. The van der Waals surface area contributed by atoms with Gasteiger partial charge in [0, 0.05) is 13.0 Å². The Kier molecular flexibility index (Phi) is 4.28. The fourth-order valence-electron chi connectivity index (χ4n) is 1.13. The van der Waals surface area contributed by atoms with Crippen molar-refractivity contribution in [1.82, 2.24) is 4.72 Å². The van der Waals surface area contributed by atoms with Crippen LogP contribution in [0.4, 0.5) is 0 Å². The van der Waals surface area contributed by atoms with E-state index in [1.165, 1.54) is 6.07 Å². The van der Waals surface area contributed by atoms with E-state index in [1.54, 1.807) is 6.92 Å². The van der Waals surface area contributed by atoms with Crippen LogP contribution in [0.5, 0.6) is 0 Å². The summed E-state index contributed by atoms with van der Waals surface area (Å²) in [5.74, 6) is 1.18. The molecule has 1 aromatic rings. The highest BCUT2D eigenvalue weighted by atomic mass is 32.2. The molecule has 17 heavy (non-hydrogen) atoms. The third-order valence-corrected chi connectivity index (χ3v) is 5.08. The number of carbonyl (C=O) groups is 1. The molecular weight excluding hydrogens is 262 g/mol. The number of hydrogen-bond acceptors (Lipinski definition) is 4. The van der Waals surface area contributed by atoms with Crippen molar-refractivity contribution in [3.05, 3.63) is 16.5 Å². The van der Waals surface area contributed by atoms with Gasteiger partial charge in [-0.2, -0.15) is 0 Å². The van der Waals surface area contributed by atoms with Crippen molar-refractivity contribution < 1.29 is 18.3 Å². The van der Waals surface area contributed by atoms with E-state index in [-0.39, 0.29) is 22.1 Å². The molecule has 0 aromatic carbocycles. The third kappa shape index (κ3) is 3.30. The molecule has 0 unspecified atom stereocenters. The Bertz CT molecular complexity index is 566. The van der Waals surface area contributed by atoms with Crippen LogP contribution in [0.15, 0.2) is 10.3 Å². The number of rotatable bonds is 5. The van der Waals surface area contributed by atoms with Crippen molar-refractivity contribution in [2.24, 2.45) is 0 Å². The zero-order valence-corrected chi connectivity index (χ0v) is 10.7. The van der Waals surface area contributed by atoms with Gasteiger partial charge in [-0.1, -0.05) is 0 Å². The lowest BCUT2D eigenvalue weighted by molar-refractivity contribution is 0.0701. The minimum absolute atomic E-state index is 0.00979. The number of sulfonamides is 1. The zero-order valence-electron chi connectivity index (χ0n) is 9.06. The molecule has 0 aliphatic heterocycles. The normalized spacial score (nSPS) is 11.1. The summed E-state index contributed by atoms with van der Waals surface area (Å²) in [6.07, 6.45) is 5.29. The maximum absolute atomic E-state index is 11.7. The van der Waals surface area contributed by atoms with Crippen molar-refractivity contribution in [2.75, 3.05) is 6.54 Å². The van der Waals surface area contributed by atoms with Crippen LogP contribution >= 0.6 is 11.3 Å². The van der Waals surface area contributed by atoms with Crippen LogP contribution in [0.25, 0.3) is 0 Å². The molecule has 2 N–H and O–H groups in total. The van der Waals surface area contributed by atoms with E-state index >= 15 is 0 Å². The molecule has 0 bridgehead atoms. The molecule has 0 aliphatic rings. The Balaban J connectivity index is 2.97. The number of nitrogens with one attached hydrogen (secondary N) is 1. The Morgan fingerprint density at radius 2 is 2.29 bits per heavy atom. The van der Waals surface area contributed by atoms with E-state index in [0.29, 0.717) is 5.56 Å². The standard InChI is InChI=1S/C10H11NO4S2/c1-3-4-5-11-17(14,15)8-6-7(2)9(16-8)10(12)13/h1,6,11H,4-5H2,2H3,(H,12,13). The highest BCUT2D eigenvalue weighted by Crippen LogP contribution is 2.25. The summed E-state index contributed by atoms with van der Waals surface area (Å²) in [7, 11) is -3.66. The Morgan fingerprint density at radius 3 is 2.76 bits per heavy atom.